The van der Waals surface area contributed by atoms with Crippen molar-refractivity contribution >= 4 is 6.09 Å². The number of alkyl carbamates (subject to hydrolysis) is 1. The van der Waals surface area contributed by atoms with E-state index in [4.69, 9.17) is 4.74 Å². The molecule has 0 aliphatic carbocycles. The summed E-state index contributed by atoms with van der Waals surface area (Å²) in [6.07, 6.45) is 5.34. The van der Waals surface area contributed by atoms with Crippen LogP contribution in [0.25, 0.3) is 0 Å². The fraction of sp³-hybridized carbons (Fsp3) is 0.471. The van der Waals surface area contributed by atoms with Crippen LogP contribution in [0, 0.1) is 0 Å². The Morgan fingerprint density at radius 2 is 2.10 bits per heavy atom. The van der Waals surface area contributed by atoms with Gasteiger partial charge in [0.05, 0.1) is 0 Å². The van der Waals surface area contributed by atoms with Crippen LogP contribution in [0.15, 0.2) is 43.0 Å². The molecule has 1 aromatic carbocycles. The van der Waals surface area contributed by atoms with E-state index in [0.717, 1.165) is 37.8 Å². The Labute approximate surface area is 127 Å². The maximum atomic E-state index is 11.8. The topological polar surface area (TPSA) is 50.4 Å². The summed E-state index contributed by atoms with van der Waals surface area (Å²) in [5.74, 6) is 0. The number of ether oxygens (including phenoxy) is 1. The molecule has 0 saturated heterocycles. The summed E-state index contributed by atoms with van der Waals surface area (Å²) in [4.78, 5) is 11.8. The van der Waals surface area contributed by atoms with E-state index in [1.165, 1.54) is 0 Å². The van der Waals surface area contributed by atoms with Crippen LogP contribution in [0.4, 0.5) is 4.79 Å². The lowest BCUT2D eigenvalue weighted by molar-refractivity contribution is 0.135. The van der Waals surface area contributed by atoms with Crippen molar-refractivity contribution < 1.29 is 9.53 Å². The highest BCUT2D eigenvalue weighted by Crippen LogP contribution is 2.06. The van der Waals surface area contributed by atoms with E-state index < -0.39 is 0 Å². The van der Waals surface area contributed by atoms with Gasteiger partial charge in [0.1, 0.15) is 6.61 Å². The van der Waals surface area contributed by atoms with Crippen LogP contribution in [0.5, 0.6) is 0 Å². The van der Waals surface area contributed by atoms with Gasteiger partial charge in [-0.05, 0) is 38.4 Å². The van der Waals surface area contributed by atoms with Crippen molar-refractivity contribution in [3.63, 3.8) is 0 Å². The fourth-order valence-electron chi connectivity index (χ4n) is 2.07. The van der Waals surface area contributed by atoms with Crippen LogP contribution in [0.2, 0.25) is 0 Å². The molecule has 1 rings (SSSR count). The second-order valence-electron chi connectivity index (χ2n) is 5.03. The molecule has 4 heteroatoms. The first-order valence-corrected chi connectivity index (χ1v) is 7.49. The molecular formula is C17H26N2O2. The van der Waals surface area contributed by atoms with Gasteiger partial charge in [0.15, 0.2) is 0 Å². The Hall–Kier alpha value is -1.81. The second kappa shape index (κ2) is 10.9. The van der Waals surface area contributed by atoms with Gasteiger partial charge in [-0.25, -0.2) is 4.79 Å². The van der Waals surface area contributed by atoms with Gasteiger partial charge < -0.3 is 15.4 Å². The first-order chi connectivity index (χ1) is 10.3. The fourth-order valence-corrected chi connectivity index (χ4v) is 2.07. The summed E-state index contributed by atoms with van der Waals surface area (Å²) >= 11 is 0. The van der Waals surface area contributed by atoms with E-state index in [2.05, 4.69) is 17.2 Å². The van der Waals surface area contributed by atoms with Gasteiger partial charge in [0.2, 0.25) is 0 Å². The SMILES string of the molecule is C=CCC(CCCCNC)NC(=O)OCc1ccccc1. The maximum Gasteiger partial charge on any atom is 0.407 e. The zero-order valence-corrected chi connectivity index (χ0v) is 12.8. The van der Waals surface area contributed by atoms with Crippen LogP contribution in [0.1, 0.15) is 31.2 Å². The molecule has 2 N–H and O–H groups in total. The van der Waals surface area contributed by atoms with Crippen molar-refractivity contribution in [2.24, 2.45) is 0 Å². The van der Waals surface area contributed by atoms with Crippen LogP contribution in [-0.4, -0.2) is 25.7 Å². The average Bonchev–Trinajstić information content (AvgIpc) is 2.51. The molecule has 0 aliphatic heterocycles. The summed E-state index contributed by atoms with van der Waals surface area (Å²) < 4.78 is 5.24. The number of hydrogen-bond donors (Lipinski definition) is 2. The highest BCUT2D eigenvalue weighted by Gasteiger charge is 2.11. The zero-order chi connectivity index (χ0) is 15.3. The Bertz CT molecular complexity index is 407. The molecule has 0 heterocycles. The third-order valence-electron chi connectivity index (χ3n) is 3.22. The molecule has 0 radical (unpaired) electrons. The smallest absolute Gasteiger partial charge is 0.407 e. The summed E-state index contributed by atoms with van der Waals surface area (Å²) in [6, 6.07) is 9.77. The van der Waals surface area contributed by atoms with Crippen LogP contribution < -0.4 is 10.6 Å². The number of rotatable bonds is 10. The average molecular weight is 290 g/mol. The summed E-state index contributed by atoms with van der Waals surface area (Å²) in [6.45, 7) is 5.04. The normalized spacial score (nSPS) is 11.7. The number of carbonyl (C=O) groups is 1. The van der Waals surface area contributed by atoms with Crippen molar-refractivity contribution in [2.45, 2.75) is 38.3 Å². The lowest BCUT2D eigenvalue weighted by Gasteiger charge is -2.17. The second-order valence-corrected chi connectivity index (χ2v) is 5.03. The molecular weight excluding hydrogens is 264 g/mol. The van der Waals surface area contributed by atoms with E-state index in [-0.39, 0.29) is 12.1 Å². The molecule has 1 aromatic rings. The summed E-state index contributed by atoms with van der Waals surface area (Å²) in [5, 5.41) is 6.03. The van der Waals surface area contributed by atoms with Crippen molar-refractivity contribution in [1.29, 1.82) is 0 Å². The summed E-state index contributed by atoms with van der Waals surface area (Å²) in [5.41, 5.74) is 0.988. The van der Waals surface area contributed by atoms with Crippen molar-refractivity contribution in [3.8, 4) is 0 Å². The van der Waals surface area contributed by atoms with Gasteiger partial charge in [-0.15, -0.1) is 6.58 Å². The third kappa shape index (κ3) is 8.15. The molecule has 0 spiro atoms. The zero-order valence-electron chi connectivity index (χ0n) is 12.8. The van der Waals surface area contributed by atoms with Gasteiger partial charge in [0.25, 0.3) is 0 Å². The van der Waals surface area contributed by atoms with Gasteiger partial charge in [0, 0.05) is 6.04 Å². The molecule has 0 saturated carbocycles. The highest BCUT2D eigenvalue weighted by atomic mass is 16.5. The minimum Gasteiger partial charge on any atom is -0.445 e. The van der Waals surface area contributed by atoms with Gasteiger partial charge in [-0.2, -0.15) is 0 Å². The molecule has 0 aromatic heterocycles. The lowest BCUT2D eigenvalue weighted by Crippen LogP contribution is -2.35. The number of hydrogen-bond acceptors (Lipinski definition) is 3. The minimum atomic E-state index is -0.362. The van der Waals surface area contributed by atoms with Crippen molar-refractivity contribution in [1.82, 2.24) is 10.6 Å². The molecule has 0 aliphatic rings. The molecule has 1 amide bonds. The number of benzene rings is 1. The lowest BCUT2D eigenvalue weighted by atomic mass is 10.1. The Morgan fingerprint density at radius 1 is 1.33 bits per heavy atom. The molecule has 4 nitrogen and oxygen atoms in total. The molecule has 0 fully saturated rings. The molecule has 0 bridgehead atoms. The summed E-state index contributed by atoms with van der Waals surface area (Å²) in [7, 11) is 1.94. The molecule has 1 unspecified atom stereocenters. The van der Waals surface area contributed by atoms with Crippen molar-refractivity contribution in [2.75, 3.05) is 13.6 Å². The van der Waals surface area contributed by atoms with Gasteiger partial charge in [-0.3, -0.25) is 0 Å². The Morgan fingerprint density at radius 3 is 2.76 bits per heavy atom. The molecule has 1 atom stereocenters. The standard InChI is InChI=1S/C17H26N2O2/c1-3-9-16(12-7-8-13-18-2)19-17(20)21-14-15-10-5-4-6-11-15/h3-6,10-11,16,18H,1,7-9,12-14H2,2H3,(H,19,20). The van der Waals surface area contributed by atoms with Crippen LogP contribution in [-0.2, 0) is 11.3 Å². The Balaban J connectivity index is 2.29. The Kier molecular flexibility index (Phi) is 8.96. The minimum absolute atomic E-state index is 0.0997. The van der Waals surface area contributed by atoms with Crippen LogP contribution >= 0.6 is 0 Å². The molecule has 21 heavy (non-hydrogen) atoms. The number of carbonyl (C=O) groups excluding carboxylic acids is 1. The first kappa shape index (κ1) is 17.2. The van der Waals surface area contributed by atoms with Crippen LogP contribution in [0.3, 0.4) is 0 Å². The van der Waals surface area contributed by atoms with E-state index in [9.17, 15) is 4.79 Å². The largest absolute Gasteiger partial charge is 0.445 e. The maximum absolute atomic E-state index is 11.8. The van der Waals surface area contributed by atoms with E-state index in [1.807, 2.05) is 43.5 Å². The van der Waals surface area contributed by atoms with Gasteiger partial charge >= 0.3 is 6.09 Å². The van der Waals surface area contributed by atoms with Gasteiger partial charge in [-0.1, -0.05) is 42.8 Å². The van der Waals surface area contributed by atoms with E-state index in [0.29, 0.717) is 6.61 Å². The highest BCUT2D eigenvalue weighted by molar-refractivity contribution is 5.67. The quantitative estimate of drug-likeness (QED) is 0.514. The number of nitrogens with one attached hydrogen (secondary N) is 2. The van der Waals surface area contributed by atoms with E-state index >= 15 is 0 Å². The number of unbranched alkanes of at least 4 members (excludes halogenated alkanes) is 1. The molecule has 116 valence electrons. The monoisotopic (exact) mass is 290 g/mol. The van der Waals surface area contributed by atoms with E-state index in [1.54, 1.807) is 0 Å². The first-order valence-electron chi connectivity index (χ1n) is 7.49. The van der Waals surface area contributed by atoms with Crippen molar-refractivity contribution in [3.05, 3.63) is 48.6 Å². The number of amides is 1. The third-order valence-corrected chi connectivity index (χ3v) is 3.22. The predicted octanol–water partition coefficient (Wildman–Crippen LogP) is 3.25. The predicted molar refractivity (Wildman–Crippen MR) is 86.1 cm³/mol.